The van der Waals surface area contributed by atoms with Crippen LogP contribution >= 0.6 is 0 Å². The fourth-order valence-electron chi connectivity index (χ4n) is 4.53. The van der Waals surface area contributed by atoms with Crippen molar-refractivity contribution >= 4 is 34.4 Å². The third-order valence-corrected chi connectivity index (χ3v) is 6.41. The van der Waals surface area contributed by atoms with Crippen LogP contribution in [0.2, 0.25) is 0 Å². The number of nitrogens with zero attached hydrogens (tertiary/aromatic N) is 1. The molecule has 9 nitrogen and oxygen atoms in total. The molecule has 0 radical (unpaired) electrons. The Labute approximate surface area is 251 Å². The first kappa shape index (κ1) is 31.3. The number of hydrogen-bond acceptors (Lipinski definition) is 8. The highest BCUT2D eigenvalue weighted by atomic mass is 16.7. The minimum Gasteiger partial charge on any atom is -0.494 e. The van der Waals surface area contributed by atoms with E-state index in [-0.39, 0.29) is 18.5 Å². The van der Waals surface area contributed by atoms with E-state index >= 15 is 0 Å². The van der Waals surface area contributed by atoms with Crippen molar-refractivity contribution in [2.45, 2.75) is 59.1 Å². The fraction of sp³-hybridized carbons (Fsp3) is 0.324. The van der Waals surface area contributed by atoms with Crippen LogP contribution in [0.25, 0.3) is 10.9 Å². The summed E-state index contributed by atoms with van der Waals surface area (Å²) in [6.45, 7) is 9.01. The van der Waals surface area contributed by atoms with Crippen LogP contribution in [0.15, 0.2) is 77.8 Å². The van der Waals surface area contributed by atoms with Gasteiger partial charge in [-0.3, -0.25) is 4.79 Å². The molecule has 9 heteroatoms. The highest BCUT2D eigenvalue weighted by Crippen LogP contribution is 2.34. The number of esters is 1. The number of aromatic nitrogens is 1. The maximum atomic E-state index is 11.9. The molecule has 0 aliphatic carbocycles. The molecule has 0 spiro atoms. The number of hydrogen-bond donors (Lipinski definition) is 3. The number of H-pyrrole nitrogens is 1. The molecule has 4 rings (SSSR count). The Morgan fingerprint density at radius 1 is 0.977 bits per heavy atom. The molecule has 4 aromatic rings. The molecule has 0 aliphatic rings. The molecule has 0 bridgehead atoms. The number of carbonyl (C=O) groups excluding carboxylic acids is 2. The van der Waals surface area contributed by atoms with Crippen LogP contribution in [0, 0.1) is 0 Å². The van der Waals surface area contributed by atoms with Crippen molar-refractivity contribution in [3.8, 4) is 11.6 Å². The van der Waals surface area contributed by atoms with Crippen LogP contribution in [-0.4, -0.2) is 46.7 Å². The second-order valence-corrected chi connectivity index (χ2v) is 11.1. The van der Waals surface area contributed by atoms with Gasteiger partial charge in [0.2, 0.25) is 0 Å². The van der Waals surface area contributed by atoms with Crippen molar-refractivity contribution < 1.29 is 28.9 Å². The third kappa shape index (κ3) is 9.18. The van der Waals surface area contributed by atoms with Gasteiger partial charge in [0.25, 0.3) is 0 Å². The molecule has 3 N–H and O–H groups in total. The lowest BCUT2D eigenvalue weighted by molar-refractivity contribution is -0.154. The molecule has 0 fully saturated rings. The van der Waals surface area contributed by atoms with Crippen molar-refractivity contribution in [3.05, 3.63) is 89.5 Å². The molecule has 0 amide bonds. The number of nitrogens with one attached hydrogen (secondary N) is 2. The molecule has 3 aromatic carbocycles. The summed E-state index contributed by atoms with van der Waals surface area (Å²) in [5.41, 5.74) is 3.90. The minimum atomic E-state index is -0.796. The number of fused-ring (bicyclic) bond motifs is 1. The Hall–Kier alpha value is -4.63. The molecule has 226 valence electrons. The number of unbranched alkanes of at least 4 members (excludes halogenated alkanes) is 1. The maximum absolute atomic E-state index is 11.9. The van der Waals surface area contributed by atoms with Gasteiger partial charge in [-0.05, 0) is 83.0 Å². The predicted octanol–water partition coefficient (Wildman–Crippen LogP) is 7.18. The highest BCUT2D eigenvalue weighted by molar-refractivity contribution is 6.22. The summed E-state index contributed by atoms with van der Waals surface area (Å²) in [5.74, 6) is 0.0867. The Balaban J connectivity index is 1.48. The van der Waals surface area contributed by atoms with Gasteiger partial charge >= 0.3 is 12.1 Å². The van der Waals surface area contributed by atoms with Gasteiger partial charge in [-0.15, -0.1) is 0 Å². The number of aromatic hydroxyl groups is 1. The zero-order chi connectivity index (χ0) is 30.8. The second-order valence-electron chi connectivity index (χ2n) is 11.1. The fourth-order valence-corrected chi connectivity index (χ4v) is 4.53. The molecule has 0 saturated carbocycles. The van der Waals surface area contributed by atoms with E-state index in [1.807, 2.05) is 75.4 Å². The summed E-state index contributed by atoms with van der Waals surface area (Å²) in [6.07, 6.45) is 1.27. The molecular weight excluding hydrogens is 546 g/mol. The van der Waals surface area contributed by atoms with Crippen molar-refractivity contribution in [3.63, 3.8) is 0 Å². The molecule has 0 unspecified atom stereocenters. The minimum absolute atomic E-state index is 0.0432. The van der Waals surface area contributed by atoms with E-state index in [9.17, 15) is 14.7 Å². The van der Waals surface area contributed by atoms with E-state index in [0.29, 0.717) is 46.6 Å². The summed E-state index contributed by atoms with van der Waals surface area (Å²) in [7, 11) is 0. The van der Waals surface area contributed by atoms with Gasteiger partial charge in [0.1, 0.15) is 11.4 Å². The van der Waals surface area contributed by atoms with Crippen LogP contribution in [-0.2, 0) is 20.8 Å². The van der Waals surface area contributed by atoms with Crippen molar-refractivity contribution in [2.75, 3.05) is 13.2 Å². The van der Waals surface area contributed by atoms with E-state index in [0.717, 1.165) is 30.5 Å². The lowest BCUT2D eigenvalue weighted by Gasteiger charge is -2.19. The zero-order valence-corrected chi connectivity index (χ0v) is 25.1. The van der Waals surface area contributed by atoms with Gasteiger partial charge in [-0.2, -0.15) is 0 Å². The summed E-state index contributed by atoms with van der Waals surface area (Å²) < 4.78 is 15.6. The van der Waals surface area contributed by atoms with Crippen LogP contribution in [0.4, 0.5) is 10.5 Å². The Kier molecular flexibility index (Phi) is 10.6. The monoisotopic (exact) mass is 585 g/mol. The first-order valence-corrected chi connectivity index (χ1v) is 14.5. The Bertz CT molecular complexity index is 1550. The largest absolute Gasteiger partial charge is 0.513 e. The molecule has 0 saturated heterocycles. The zero-order valence-electron chi connectivity index (χ0n) is 25.1. The quantitative estimate of drug-likeness (QED) is 0.0697. The summed E-state index contributed by atoms with van der Waals surface area (Å²) >= 11 is 0. The predicted molar refractivity (Wildman–Crippen MR) is 167 cm³/mol. The lowest BCUT2D eigenvalue weighted by atomic mass is 10.0. The smallest absolute Gasteiger partial charge is 0.494 e. The van der Waals surface area contributed by atoms with Crippen molar-refractivity contribution in [1.82, 2.24) is 10.3 Å². The van der Waals surface area contributed by atoms with Gasteiger partial charge < -0.3 is 29.6 Å². The summed E-state index contributed by atoms with van der Waals surface area (Å²) in [5, 5.41) is 15.0. The van der Waals surface area contributed by atoms with E-state index < -0.39 is 11.8 Å². The van der Waals surface area contributed by atoms with Gasteiger partial charge in [-0.1, -0.05) is 42.5 Å². The number of ether oxygens (including phenoxy) is 3. The molecule has 1 heterocycles. The number of aromatic amines is 1. The Morgan fingerprint density at radius 2 is 1.72 bits per heavy atom. The van der Waals surface area contributed by atoms with Crippen molar-refractivity contribution in [1.29, 1.82) is 0 Å². The van der Waals surface area contributed by atoms with Crippen LogP contribution in [0.1, 0.15) is 63.6 Å². The normalized spacial score (nSPS) is 11.9. The van der Waals surface area contributed by atoms with E-state index in [1.165, 1.54) is 0 Å². The molecule has 43 heavy (non-hydrogen) atoms. The van der Waals surface area contributed by atoms with Crippen LogP contribution in [0.3, 0.4) is 0 Å². The number of benzene rings is 3. The topological polar surface area (TPSA) is 122 Å². The lowest BCUT2D eigenvalue weighted by Crippen LogP contribution is -2.23. The highest BCUT2D eigenvalue weighted by Gasteiger charge is 2.20. The maximum Gasteiger partial charge on any atom is 0.513 e. The van der Waals surface area contributed by atoms with Gasteiger partial charge in [0, 0.05) is 29.4 Å². The average molecular weight is 586 g/mol. The van der Waals surface area contributed by atoms with E-state index in [4.69, 9.17) is 19.2 Å². The standard InChI is InChI=1S/C34H39N3O6/c1-5-41-33(40)42-26-18-19-28-27(21-26)30(32(39)37-28)31(24-11-7-6-8-12-24)36-25-16-14-23(15-17-25)22-35-20-10-9-13-29(38)43-34(2,3)4/h6-8,11-12,14-19,21,35,37,39H,5,9-10,13,20,22H2,1-4H3. The van der Waals surface area contributed by atoms with E-state index in [1.54, 1.807) is 25.1 Å². The average Bonchev–Trinajstić information content (AvgIpc) is 3.28. The van der Waals surface area contributed by atoms with Crippen LogP contribution in [0.5, 0.6) is 11.6 Å². The van der Waals surface area contributed by atoms with Crippen molar-refractivity contribution in [2.24, 2.45) is 4.99 Å². The van der Waals surface area contributed by atoms with Gasteiger partial charge in [-0.25, -0.2) is 9.79 Å². The molecule has 0 aliphatic heterocycles. The van der Waals surface area contributed by atoms with Crippen LogP contribution < -0.4 is 10.1 Å². The summed E-state index contributed by atoms with van der Waals surface area (Å²) in [4.78, 5) is 31.7. The Morgan fingerprint density at radius 3 is 2.42 bits per heavy atom. The van der Waals surface area contributed by atoms with Gasteiger partial charge in [0.15, 0.2) is 5.88 Å². The molecular formula is C34H39N3O6. The molecule has 1 aromatic heterocycles. The first-order valence-electron chi connectivity index (χ1n) is 14.5. The molecule has 0 atom stereocenters. The number of rotatable bonds is 12. The number of aliphatic imine (C=N–C) groups is 1. The number of carbonyl (C=O) groups is 2. The van der Waals surface area contributed by atoms with E-state index in [2.05, 4.69) is 10.3 Å². The first-order chi connectivity index (χ1) is 20.6. The third-order valence-electron chi connectivity index (χ3n) is 6.41. The SMILES string of the molecule is CCOC(=O)Oc1ccc2[nH]c(O)c(C(=Nc3ccc(CNCCCCC(=O)OC(C)(C)C)cc3)c3ccccc3)c2c1. The van der Waals surface area contributed by atoms with Gasteiger partial charge in [0.05, 0.1) is 23.6 Å². The summed E-state index contributed by atoms with van der Waals surface area (Å²) in [6, 6.07) is 22.5. The second kappa shape index (κ2) is 14.5.